The third-order valence-corrected chi connectivity index (χ3v) is 6.16. The summed E-state index contributed by atoms with van der Waals surface area (Å²) in [7, 11) is -3.24. The number of amidine groups is 1. The van der Waals surface area contributed by atoms with Crippen LogP contribution in [0.1, 0.15) is 34.6 Å². The van der Waals surface area contributed by atoms with Crippen LogP contribution in [-0.4, -0.2) is 66.1 Å². The second-order valence-corrected chi connectivity index (χ2v) is 9.22. The summed E-state index contributed by atoms with van der Waals surface area (Å²) in [5, 5.41) is 11.9. The van der Waals surface area contributed by atoms with E-state index < -0.39 is 15.6 Å². The molecular formula is C13H28N4O3S. The Labute approximate surface area is 127 Å². The van der Waals surface area contributed by atoms with Gasteiger partial charge in [-0.05, 0) is 19.3 Å². The van der Waals surface area contributed by atoms with Crippen molar-refractivity contribution in [1.82, 2.24) is 9.21 Å². The van der Waals surface area contributed by atoms with Gasteiger partial charge in [0.15, 0.2) is 5.84 Å². The van der Waals surface area contributed by atoms with Crippen molar-refractivity contribution in [3.8, 4) is 0 Å². The molecule has 1 saturated heterocycles. The minimum Gasteiger partial charge on any atom is -0.409 e. The molecule has 0 aromatic carbocycles. The Morgan fingerprint density at radius 3 is 2.00 bits per heavy atom. The largest absolute Gasteiger partial charge is 0.409 e. The minimum atomic E-state index is -3.24. The zero-order valence-corrected chi connectivity index (χ0v) is 14.4. The Morgan fingerprint density at radius 1 is 1.14 bits per heavy atom. The van der Waals surface area contributed by atoms with E-state index in [0.29, 0.717) is 26.2 Å². The average Bonchev–Trinajstić information content (AvgIpc) is 2.35. The Kier molecular flexibility index (Phi) is 5.28. The first-order chi connectivity index (χ1) is 9.40. The fourth-order valence-corrected chi connectivity index (χ4v) is 4.44. The van der Waals surface area contributed by atoms with Gasteiger partial charge in [0.05, 0.1) is 11.3 Å². The quantitative estimate of drug-likeness (QED) is 0.340. The van der Waals surface area contributed by atoms with Crippen LogP contribution in [0.4, 0.5) is 0 Å². The van der Waals surface area contributed by atoms with Crippen LogP contribution >= 0.6 is 0 Å². The van der Waals surface area contributed by atoms with Crippen molar-refractivity contribution in [2.45, 2.75) is 40.2 Å². The number of nitrogens with two attached hydrogens (primary N) is 1. The molecule has 0 atom stereocenters. The van der Waals surface area contributed by atoms with Gasteiger partial charge >= 0.3 is 0 Å². The molecule has 124 valence electrons. The molecule has 0 spiro atoms. The van der Waals surface area contributed by atoms with E-state index in [0.717, 1.165) is 0 Å². The van der Waals surface area contributed by atoms with Crippen molar-refractivity contribution >= 4 is 15.9 Å². The number of oxime groups is 1. The number of rotatable bonds is 4. The molecule has 1 heterocycles. The summed E-state index contributed by atoms with van der Waals surface area (Å²) in [5.74, 6) is 0.275. The molecular weight excluding hydrogens is 292 g/mol. The Balaban J connectivity index is 2.73. The molecule has 7 nitrogen and oxygen atoms in total. The van der Waals surface area contributed by atoms with Crippen LogP contribution in [-0.2, 0) is 10.0 Å². The molecule has 21 heavy (non-hydrogen) atoms. The second-order valence-electron chi connectivity index (χ2n) is 7.25. The molecule has 0 amide bonds. The van der Waals surface area contributed by atoms with Crippen LogP contribution in [0, 0.1) is 5.41 Å². The van der Waals surface area contributed by atoms with Crippen molar-refractivity contribution in [2.75, 3.05) is 31.9 Å². The van der Waals surface area contributed by atoms with Gasteiger partial charge in [-0.3, -0.25) is 4.90 Å². The van der Waals surface area contributed by atoms with E-state index in [2.05, 4.69) is 5.16 Å². The smallest absolute Gasteiger partial charge is 0.214 e. The second kappa shape index (κ2) is 6.10. The van der Waals surface area contributed by atoms with Crippen LogP contribution in [0.3, 0.4) is 0 Å². The summed E-state index contributed by atoms with van der Waals surface area (Å²) in [4.78, 5) is 2.03. The third-order valence-electron chi connectivity index (χ3n) is 3.77. The van der Waals surface area contributed by atoms with Gasteiger partial charge in [-0.1, -0.05) is 25.9 Å². The third kappa shape index (κ3) is 4.55. The topological polar surface area (TPSA) is 99.2 Å². The number of sulfonamides is 1. The molecule has 1 aliphatic rings. The van der Waals surface area contributed by atoms with Gasteiger partial charge in [-0.25, -0.2) is 8.42 Å². The first-order valence-electron chi connectivity index (χ1n) is 7.11. The predicted molar refractivity (Wildman–Crippen MR) is 83.9 cm³/mol. The first-order valence-corrected chi connectivity index (χ1v) is 8.72. The molecule has 0 radical (unpaired) electrons. The van der Waals surface area contributed by atoms with Gasteiger partial charge in [0, 0.05) is 26.2 Å². The van der Waals surface area contributed by atoms with Gasteiger partial charge in [-0.15, -0.1) is 0 Å². The molecule has 0 bridgehead atoms. The van der Waals surface area contributed by atoms with Gasteiger partial charge < -0.3 is 10.9 Å². The highest BCUT2D eigenvalue weighted by atomic mass is 32.2. The summed E-state index contributed by atoms with van der Waals surface area (Å²) >= 11 is 0. The van der Waals surface area contributed by atoms with E-state index in [9.17, 15) is 8.42 Å². The number of hydrogen-bond acceptors (Lipinski definition) is 5. The maximum absolute atomic E-state index is 12.4. The number of hydrogen-bond donors (Lipinski definition) is 2. The highest BCUT2D eigenvalue weighted by Gasteiger charge is 2.37. The van der Waals surface area contributed by atoms with Crippen LogP contribution in [0.5, 0.6) is 0 Å². The van der Waals surface area contributed by atoms with Crippen molar-refractivity contribution in [1.29, 1.82) is 0 Å². The molecule has 8 heteroatoms. The molecule has 0 aromatic heterocycles. The Hall–Kier alpha value is -0.860. The molecule has 3 N–H and O–H groups in total. The molecule has 0 aliphatic carbocycles. The summed E-state index contributed by atoms with van der Waals surface area (Å²) in [6, 6.07) is 0. The van der Waals surface area contributed by atoms with Crippen LogP contribution in [0.15, 0.2) is 5.16 Å². The SMILES string of the molecule is CC(C)(C)CS(=O)(=O)N1CCN(C(C)(C)C(N)=NO)CC1. The fourth-order valence-electron chi connectivity index (χ4n) is 2.45. The lowest BCUT2D eigenvalue weighted by atomic mass is 10.0. The maximum Gasteiger partial charge on any atom is 0.214 e. The van der Waals surface area contributed by atoms with Gasteiger partial charge in [0.25, 0.3) is 0 Å². The molecule has 0 unspecified atom stereocenters. The first kappa shape index (κ1) is 18.2. The molecule has 0 saturated carbocycles. The summed E-state index contributed by atoms with van der Waals surface area (Å²) in [6.45, 7) is 11.5. The van der Waals surface area contributed by atoms with E-state index in [4.69, 9.17) is 10.9 Å². The molecule has 1 aliphatic heterocycles. The predicted octanol–water partition coefficient (Wildman–Crippen LogP) is 0.505. The Bertz CT molecular complexity index is 486. The standard InChI is InChI=1S/C13H28N4O3S/c1-12(2,3)10-21(19,20)17-8-6-16(7-9-17)13(4,5)11(14)15-18/h18H,6-10H2,1-5H3,(H2,14,15). The lowest BCUT2D eigenvalue weighted by Gasteiger charge is -2.43. The number of nitrogens with zero attached hydrogens (tertiary/aromatic N) is 3. The van der Waals surface area contributed by atoms with E-state index >= 15 is 0 Å². The highest BCUT2D eigenvalue weighted by molar-refractivity contribution is 7.89. The van der Waals surface area contributed by atoms with Crippen molar-refractivity contribution in [3.63, 3.8) is 0 Å². The van der Waals surface area contributed by atoms with Crippen molar-refractivity contribution in [3.05, 3.63) is 0 Å². The lowest BCUT2D eigenvalue weighted by Crippen LogP contribution is -2.60. The molecule has 0 aromatic rings. The average molecular weight is 320 g/mol. The zero-order valence-electron chi connectivity index (χ0n) is 13.6. The van der Waals surface area contributed by atoms with Crippen LogP contribution in [0.25, 0.3) is 0 Å². The normalized spacial score (nSPS) is 20.7. The van der Waals surface area contributed by atoms with Crippen molar-refractivity contribution < 1.29 is 13.6 Å². The van der Waals surface area contributed by atoms with Gasteiger partial charge in [0.1, 0.15) is 0 Å². The summed E-state index contributed by atoms with van der Waals surface area (Å²) in [5.41, 5.74) is 4.86. The minimum absolute atomic E-state index is 0.133. The lowest BCUT2D eigenvalue weighted by molar-refractivity contribution is 0.118. The van der Waals surface area contributed by atoms with Gasteiger partial charge in [0.2, 0.25) is 10.0 Å². The van der Waals surface area contributed by atoms with E-state index in [-0.39, 0.29) is 17.0 Å². The van der Waals surface area contributed by atoms with E-state index in [1.54, 1.807) is 0 Å². The van der Waals surface area contributed by atoms with E-state index in [1.165, 1.54) is 4.31 Å². The maximum atomic E-state index is 12.4. The van der Waals surface area contributed by atoms with Crippen LogP contribution in [0.2, 0.25) is 0 Å². The fraction of sp³-hybridized carbons (Fsp3) is 0.923. The zero-order chi connectivity index (χ0) is 16.5. The molecule has 1 rings (SSSR count). The number of piperazine rings is 1. The summed E-state index contributed by atoms with van der Waals surface area (Å²) < 4.78 is 26.3. The van der Waals surface area contributed by atoms with Gasteiger partial charge in [-0.2, -0.15) is 4.31 Å². The monoisotopic (exact) mass is 320 g/mol. The Morgan fingerprint density at radius 2 is 1.62 bits per heavy atom. The highest BCUT2D eigenvalue weighted by Crippen LogP contribution is 2.22. The van der Waals surface area contributed by atoms with Crippen molar-refractivity contribution in [2.24, 2.45) is 16.3 Å². The van der Waals surface area contributed by atoms with Crippen LogP contribution < -0.4 is 5.73 Å². The molecule has 1 fully saturated rings. The summed E-state index contributed by atoms with van der Waals surface area (Å²) in [6.07, 6.45) is 0. The van der Waals surface area contributed by atoms with E-state index in [1.807, 2.05) is 39.5 Å².